The number of anilines is 1. The summed E-state index contributed by atoms with van der Waals surface area (Å²) in [5, 5.41) is 13.8. The Kier molecular flexibility index (Phi) is 5.10. The van der Waals surface area contributed by atoms with Crippen molar-refractivity contribution >= 4 is 23.3 Å². The molecule has 0 radical (unpaired) electrons. The first-order valence-electron chi connectivity index (χ1n) is 11.0. The zero-order chi connectivity index (χ0) is 23.1. The Labute approximate surface area is 191 Å². The fraction of sp³-hybridized carbons (Fsp3) is 0.222. The Bertz CT molecular complexity index is 1220. The van der Waals surface area contributed by atoms with E-state index < -0.39 is 17.1 Å². The van der Waals surface area contributed by atoms with E-state index in [0.717, 1.165) is 5.56 Å². The van der Waals surface area contributed by atoms with Gasteiger partial charge in [-0.05, 0) is 56.0 Å². The van der Waals surface area contributed by atoms with E-state index in [1.54, 1.807) is 48.5 Å². The topological polar surface area (TPSA) is 92.7 Å². The molecule has 166 valence electrons. The SMILES string of the molecule is O=C(c1ccccc1)c1ccc(NC(=O)C2(O)CCC3(CC2)OC(=O)c2ccccc23)cc1. The maximum Gasteiger partial charge on any atom is 0.339 e. The highest BCUT2D eigenvalue weighted by molar-refractivity contribution is 6.09. The van der Waals surface area contributed by atoms with Gasteiger partial charge in [-0.2, -0.15) is 0 Å². The molecule has 3 aromatic carbocycles. The van der Waals surface area contributed by atoms with Crippen LogP contribution in [-0.4, -0.2) is 28.4 Å². The first kappa shape index (κ1) is 21.1. The van der Waals surface area contributed by atoms with Crippen molar-refractivity contribution in [2.24, 2.45) is 0 Å². The molecular weight excluding hydrogens is 418 g/mol. The van der Waals surface area contributed by atoms with Crippen molar-refractivity contribution in [2.75, 3.05) is 5.32 Å². The molecule has 5 rings (SSSR count). The smallest absolute Gasteiger partial charge is 0.339 e. The summed E-state index contributed by atoms with van der Waals surface area (Å²) < 4.78 is 5.71. The second-order valence-electron chi connectivity index (χ2n) is 8.69. The highest BCUT2D eigenvalue weighted by Gasteiger charge is 2.52. The van der Waals surface area contributed by atoms with E-state index in [9.17, 15) is 19.5 Å². The van der Waals surface area contributed by atoms with Gasteiger partial charge in [-0.3, -0.25) is 9.59 Å². The van der Waals surface area contributed by atoms with Crippen LogP contribution in [0.25, 0.3) is 0 Å². The number of esters is 1. The molecule has 0 aromatic heterocycles. The first-order chi connectivity index (χ1) is 15.9. The lowest BCUT2D eigenvalue weighted by Crippen LogP contribution is -2.49. The quantitative estimate of drug-likeness (QED) is 0.467. The molecule has 1 spiro atoms. The number of hydrogen-bond acceptors (Lipinski definition) is 5. The zero-order valence-electron chi connectivity index (χ0n) is 17.9. The summed E-state index contributed by atoms with van der Waals surface area (Å²) in [5.41, 5.74) is 0.644. The van der Waals surface area contributed by atoms with Crippen molar-refractivity contribution in [3.05, 3.63) is 101 Å². The van der Waals surface area contributed by atoms with E-state index in [-0.39, 0.29) is 24.6 Å². The van der Waals surface area contributed by atoms with Crippen LogP contribution in [0.4, 0.5) is 5.69 Å². The van der Waals surface area contributed by atoms with Gasteiger partial charge in [-0.1, -0.05) is 48.5 Å². The van der Waals surface area contributed by atoms with Crippen LogP contribution < -0.4 is 5.32 Å². The molecule has 1 aliphatic carbocycles. The Hall–Kier alpha value is -3.77. The molecule has 33 heavy (non-hydrogen) atoms. The summed E-state index contributed by atoms with van der Waals surface area (Å²) in [4.78, 5) is 37.7. The Morgan fingerprint density at radius 2 is 1.39 bits per heavy atom. The molecule has 6 heteroatoms. The van der Waals surface area contributed by atoms with Gasteiger partial charge < -0.3 is 15.2 Å². The Morgan fingerprint density at radius 3 is 2.09 bits per heavy atom. The standard InChI is InChI=1S/C27H23NO5/c29-23(18-6-2-1-3-7-18)19-10-12-20(13-11-19)28-25(31)26(32)14-16-27(17-15-26)22-9-5-4-8-21(22)24(30)33-27/h1-13,32H,14-17H2,(H,28,31). The number of carbonyl (C=O) groups excluding carboxylic acids is 3. The lowest BCUT2D eigenvalue weighted by molar-refractivity contribution is -0.144. The molecular formula is C27H23NO5. The maximum atomic E-state index is 12.9. The molecule has 2 aliphatic rings. The number of carbonyl (C=O) groups is 3. The monoisotopic (exact) mass is 441 g/mol. The second kappa shape index (κ2) is 7.98. The van der Waals surface area contributed by atoms with E-state index in [2.05, 4.69) is 5.32 Å². The average Bonchev–Trinajstić information content (AvgIpc) is 3.13. The second-order valence-corrected chi connectivity index (χ2v) is 8.69. The van der Waals surface area contributed by atoms with Crippen molar-refractivity contribution in [1.82, 2.24) is 0 Å². The molecule has 3 aromatic rings. The summed E-state index contributed by atoms with van der Waals surface area (Å²) in [5.74, 6) is -0.959. The van der Waals surface area contributed by atoms with E-state index in [0.29, 0.717) is 35.2 Å². The summed E-state index contributed by atoms with van der Waals surface area (Å²) in [6, 6.07) is 22.9. The average molecular weight is 441 g/mol. The highest BCUT2D eigenvalue weighted by atomic mass is 16.6. The van der Waals surface area contributed by atoms with Gasteiger partial charge in [-0.15, -0.1) is 0 Å². The minimum Gasteiger partial charge on any atom is -0.451 e. The predicted octanol–water partition coefficient (Wildman–Crippen LogP) is 4.23. The Morgan fingerprint density at radius 1 is 0.788 bits per heavy atom. The van der Waals surface area contributed by atoms with Crippen molar-refractivity contribution < 1.29 is 24.2 Å². The number of amides is 1. The lowest BCUT2D eigenvalue weighted by Gasteiger charge is -2.40. The maximum absolute atomic E-state index is 12.9. The van der Waals surface area contributed by atoms with Crippen molar-refractivity contribution in [1.29, 1.82) is 0 Å². The minimum atomic E-state index is -1.56. The van der Waals surface area contributed by atoms with Crippen LogP contribution in [0, 0.1) is 0 Å². The number of benzene rings is 3. The zero-order valence-corrected chi connectivity index (χ0v) is 17.9. The normalized spacial score (nSPS) is 23.6. The number of ketones is 1. The number of rotatable bonds is 4. The van der Waals surface area contributed by atoms with E-state index in [1.807, 2.05) is 30.3 Å². The molecule has 1 amide bonds. The van der Waals surface area contributed by atoms with E-state index in [1.165, 1.54) is 0 Å². The summed E-state index contributed by atoms with van der Waals surface area (Å²) >= 11 is 0. The number of nitrogens with one attached hydrogen (secondary N) is 1. The Balaban J connectivity index is 1.26. The van der Waals surface area contributed by atoms with E-state index >= 15 is 0 Å². The molecule has 6 nitrogen and oxygen atoms in total. The lowest BCUT2D eigenvalue weighted by atomic mass is 9.72. The predicted molar refractivity (Wildman–Crippen MR) is 122 cm³/mol. The molecule has 1 fully saturated rings. The third-order valence-corrected chi connectivity index (χ3v) is 6.67. The van der Waals surface area contributed by atoms with Crippen molar-refractivity contribution in [3.8, 4) is 0 Å². The molecule has 2 N–H and O–H groups in total. The van der Waals surface area contributed by atoms with Crippen molar-refractivity contribution in [3.63, 3.8) is 0 Å². The summed E-state index contributed by atoms with van der Waals surface area (Å²) in [7, 11) is 0. The summed E-state index contributed by atoms with van der Waals surface area (Å²) in [6.45, 7) is 0. The van der Waals surface area contributed by atoms with Crippen LogP contribution in [0.1, 0.15) is 57.5 Å². The molecule has 0 bridgehead atoms. The van der Waals surface area contributed by atoms with Gasteiger partial charge in [0.05, 0.1) is 5.56 Å². The van der Waals surface area contributed by atoms with Gasteiger partial charge in [-0.25, -0.2) is 4.79 Å². The highest BCUT2D eigenvalue weighted by Crippen LogP contribution is 2.49. The fourth-order valence-electron chi connectivity index (χ4n) is 4.72. The van der Waals surface area contributed by atoms with Gasteiger partial charge >= 0.3 is 5.97 Å². The van der Waals surface area contributed by atoms with Gasteiger partial charge in [0.25, 0.3) is 5.91 Å². The summed E-state index contributed by atoms with van der Waals surface area (Å²) in [6.07, 6.45) is 1.07. The number of hydrogen-bond donors (Lipinski definition) is 2. The fourth-order valence-corrected chi connectivity index (χ4v) is 4.72. The first-order valence-corrected chi connectivity index (χ1v) is 11.0. The van der Waals surface area contributed by atoms with Crippen molar-refractivity contribution in [2.45, 2.75) is 36.9 Å². The number of ether oxygens (including phenoxy) is 1. The molecule has 0 unspecified atom stereocenters. The molecule has 1 saturated carbocycles. The van der Waals surface area contributed by atoms with Gasteiger partial charge in [0.15, 0.2) is 5.78 Å². The number of aliphatic hydroxyl groups is 1. The van der Waals surface area contributed by atoms with Crippen LogP contribution in [0.2, 0.25) is 0 Å². The molecule has 1 aliphatic heterocycles. The van der Waals surface area contributed by atoms with Gasteiger partial charge in [0, 0.05) is 22.4 Å². The van der Waals surface area contributed by atoms with E-state index in [4.69, 9.17) is 4.74 Å². The van der Waals surface area contributed by atoms with Crippen LogP contribution >= 0.6 is 0 Å². The molecule has 1 heterocycles. The van der Waals surface area contributed by atoms with Crippen LogP contribution in [-0.2, 0) is 15.1 Å². The van der Waals surface area contributed by atoms with Gasteiger partial charge in [0.1, 0.15) is 11.2 Å². The minimum absolute atomic E-state index is 0.101. The largest absolute Gasteiger partial charge is 0.451 e. The van der Waals surface area contributed by atoms with Crippen LogP contribution in [0.15, 0.2) is 78.9 Å². The molecule has 0 atom stereocenters. The van der Waals surface area contributed by atoms with Crippen LogP contribution in [0.3, 0.4) is 0 Å². The van der Waals surface area contributed by atoms with Gasteiger partial charge in [0.2, 0.25) is 0 Å². The third-order valence-electron chi connectivity index (χ3n) is 6.67. The van der Waals surface area contributed by atoms with Crippen LogP contribution in [0.5, 0.6) is 0 Å². The number of fused-ring (bicyclic) bond motifs is 2. The third kappa shape index (κ3) is 3.72. The molecule has 0 saturated heterocycles.